The maximum Gasteiger partial charge on any atom is 0.149 e. The molecule has 0 atom stereocenters. The highest BCUT2D eigenvalue weighted by atomic mass is 16.3. The van der Waals surface area contributed by atoms with E-state index in [1.165, 1.54) is 16.8 Å². The number of furan rings is 1. The average molecular weight is 562 g/mol. The molecule has 3 nitrogen and oxygen atoms in total. The van der Waals surface area contributed by atoms with Gasteiger partial charge in [0, 0.05) is 14.9 Å². The van der Waals surface area contributed by atoms with Crippen molar-refractivity contribution in [3.05, 3.63) is 120 Å². The van der Waals surface area contributed by atoms with Crippen molar-refractivity contribution in [3.63, 3.8) is 0 Å². The number of aromatic nitrogens is 2. The number of benzene rings is 6. The Morgan fingerprint density at radius 3 is 2.19 bits per heavy atom. The van der Waals surface area contributed by atoms with Crippen LogP contribution in [-0.4, -0.2) is 9.55 Å². The van der Waals surface area contributed by atoms with Crippen molar-refractivity contribution in [1.82, 2.24) is 9.55 Å². The molecule has 0 spiro atoms. The van der Waals surface area contributed by atoms with Gasteiger partial charge in [0.25, 0.3) is 0 Å². The fraction of sp³-hybridized carbons (Fsp3) is 0.175. The van der Waals surface area contributed by atoms with Gasteiger partial charge in [0.05, 0.1) is 22.3 Å². The lowest BCUT2D eigenvalue weighted by atomic mass is 9.92. The van der Waals surface area contributed by atoms with E-state index in [1.807, 2.05) is 12.1 Å². The van der Waals surface area contributed by atoms with Crippen LogP contribution in [0.15, 0.2) is 108 Å². The maximum absolute atomic E-state index is 7.97. The number of fused-ring (bicyclic) bond motifs is 7. The number of nitrogens with zero attached hydrogens (tertiary/aromatic N) is 2. The van der Waals surface area contributed by atoms with E-state index in [0.29, 0.717) is 17.4 Å². The van der Waals surface area contributed by atoms with E-state index in [0.717, 1.165) is 65.9 Å². The Morgan fingerprint density at radius 2 is 1.40 bits per heavy atom. The molecule has 0 aliphatic rings. The lowest BCUT2D eigenvalue weighted by Gasteiger charge is -2.22. The summed E-state index contributed by atoms with van der Waals surface area (Å²) in [6, 6.07) is 35.0. The molecular formula is C40H34N2O. The summed E-state index contributed by atoms with van der Waals surface area (Å²) >= 11 is 0. The van der Waals surface area contributed by atoms with Crippen LogP contribution < -0.4 is 0 Å². The van der Waals surface area contributed by atoms with Crippen LogP contribution >= 0.6 is 0 Å². The zero-order valence-electron chi connectivity index (χ0n) is 27.8. The highest BCUT2D eigenvalue weighted by Crippen LogP contribution is 2.42. The van der Waals surface area contributed by atoms with Crippen LogP contribution in [-0.2, 0) is 0 Å². The van der Waals surface area contributed by atoms with Gasteiger partial charge in [-0.25, -0.2) is 4.98 Å². The number of hydrogen-bond donors (Lipinski definition) is 0. The molecule has 0 bridgehead atoms. The lowest BCUT2D eigenvalue weighted by Crippen LogP contribution is -2.08. The van der Waals surface area contributed by atoms with Crippen molar-refractivity contribution in [3.8, 4) is 17.1 Å². The lowest BCUT2D eigenvalue weighted by molar-refractivity contribution is 0.670. The maximum atomic E-state index is 7.97. The van der Waals surface area contributed by atoms with Crippen LogP contribution in [0.1, 0.15) is 60.3 Å². The summed E-state index contributed by atoms with van der Waals surface area (Å²) in [6.07, 6.45) is 0. The Bertz CT molecular complexity index is 2450. The second-order valence-electron chi connectivity index (χ2n) is 12.2. The smallest absolute Gasteiger partial charge is 0.149 e. The zero-order valence-corrected chi connectivity index (χ0v) is 24.8. The van der Waals surface area contributed by atoms with Crippen molar-refractivity contribution in [2.45, 2.75) is 46.4 Å². The molecule has 8 rings (SSSR count). The van der Waals surface area contributed by atoms with E-state index in [9.17, 15) is 0 Å². The van der Waals surface area contributed by atoms with Crippen molar-refractivity contribution in [1.29, 1.82) is 0 Å². The van der Waals surface area contributed by atoms with E-state index < -0.39 is 6.85 Å². The molecule has 0 aliphatic heterocycles. The molecule has 2 aromatic heterocycles. The van der Waals surface area contributed by atoms with Gasteiger partial charge in [0.15, 0.2) is 0 Å². The van der Waals surface area contributed by atoms with Gasteiger partial charge in [-0.15, -0.1) is 0 Å². The van der Waals surface area contributed by atoms with E-state index in [2.05, 4.69) is 111 Å². The molecule has 2 heterocycles. The highest BCUT2D eigenvalue weighted by molar-refractivity contribution is 6.17. The number of rotatable bonds is 4. The molecule has 0 unspecified atom stereocenters. The molecule has 0 N–H and O–H groups in total. The molecule has 0 aliphatic carbocycles. The fourth-order valence-corrected chi connectivity index (χ4v) is 6.73. The van der Waals surface area contributed by atoms with Gasteiger partial charge in [-0.2, -0.15) is 0 Å². The van der Waals surface area contributed by atoms with Gasteiger partial charge in [-0.3, -0.25) is 4.57 Å². The summed E-state index contributed by atoms with van der Waals surface area (Å²) in [4.78, 5) is 5.26. The number of hydrogen-bond acceptors (Lipinski definition) is 2. The minimum atomic E-state index is -2.18. The third kappa shape index (κ3) is 3.91. The van der Waals surface area contributed by atoms with Crippen molar-refractivity contribution in [2.75, 3.05) is 0 Å². The Balaban J connectivity index is 1.44. The van der Waals surface area contributed by atoms with Gasteiger partial charge in [-0.05, 0) is 81.7 Å². The van der Waals surface area contributed by atoms with E-state index in [4.69, 9.17) is 13.5 Å². The van der Waals surface area contributed by atoms with Crippen LogP contribution in [0.3, 0.4) is 0 Å². The predicted molar refractivity (Wildman–Crippen MR) is 182 cm³/mol. The quantitative estimate of drug-likeness (QED) is 0.200. The van der Waals surface area contributed by atoms with Crippen molar-refractivity contribution < 1.29 is 8.53 Å². The molecule has 0 saturated carbocycles. The predicted octanol–water partition coefficient (Wildman–Crippen LogP) is 11.5. The molecule has 0 amide bonds. The van der Waals surface area contributed by atoms with Crippen LogP contribution in [0.5, 0.6) is 0 Å². The number of aryl methyl sites for hydroxylation is 1. The summed E-state index contributed by atoms with van der Waals surface area (Å²) in [5, 5.41) is 5.94. The van der Waals surface area contributed by atoms with Crippen LogP contribution in [0.2, 0.25) is 0 Å². The van der Waals surface area contributed by atoms with Crippen LogP contribution in [0.25, 0.3) is 71.6 Å². The molecule has 0 fully saturated rings. The van der Waals surface area contributed by atoms with Crippen LogP contribution in [0.4, 0.5) is 0 Å². The Hall–Kier alpha value is -4.89. The van der Waals surface area contributed by atoms with E-state index in [-0.39, 0.29) is 0 Å². The minimum Gasteiger partial charge on any atom is -0.455 e. The first-order valence-electron chi connectivity index (χ1n) is 16.5. The second kappa shape index (κ2) is 9.57. The molecular weight excluding hydrogens is 524 g/mol. The first-order valence-corrected chi connectivity index (χ1v) is 15.0. The first kappa shape index (κ1) is 22.7. The van der Waals surface area contributed by atoms with Gasteiger partial charge < -0.3 is 4.42 Å². The monoisotopic (exact) mass is 561 g/mol. The molecule has 0 saturated heterocycles. The normalized spacial score (nSPS) is 13.6. The fourth-order valence-electron chi connectivity index (χ4n) is 6.73. The molecule has 0 radical (unpaired) electrons. The molecule has 3 heteroatoms. The average Bonchev–Trinajstić information content (AvgIpc) is 3.60. The van der Waals surface area contributed by atoms with E-state index >= 15 is 0 Å². The van der Waals surface area contributed by atoms with Gasteiger partial charge in [-0.1, -0.05) is 106 Å². The minimum absolute atomic E-state index is 0.317. The second-order valence-corrected chi connectivity index (χ2v) is 12.2. The molecule has 6 aromatic carbocycles. The Kier molecular flexibility index (Phi) is 5.05. The SMILES string of the molecule is [2H]C([2H])([2H])c1ccc2ccc3cc4c(cc3c2c1)oc1c(-c2nc3ccccc3n2-c2c(C(C)C)cccc2C(C)C)cccc14. The number of para-hydroxylation sites is 4. The summed E-state index contributed by atoms with van der Waals surface area (Å²) in [6.45, 7) is 6.81. The topological polar surface area (TPSA) is 31.0 Å². The van der Waals surface area contributed by atoms with Crippen molar-refractivity contribution in [2.24, 2.45) is 0 Å². The van der Waals surface area contributed by atoms with Gasteiger partial charge in [0.2, 0.25) is 0 Å². The summed E-state index contributed by atoms with van der Waals surface area (Å²) in [7, 11) is 0. The molecule has 210 valence electrons. The van der Waals surface area contributed by atoms with Crippen molar-refractivity contribution >= 4 is 54.5 Å². The zero-order chi connectivity index (χ0) is 31.9. The Morgan fingerprint density at radius 1 is 0.674 bits per heavy atom. The van der Waals surface area contributed by atoms with E-state index in [1.54, 1.807) is 12.1 Å². The van der Waals surface area contributed by atoms with Gasteiger partial charge >= 0.3 is 0 Å². The Labute approximate surface area is 255 Å². The highest BCUT2D eigenvalue weighted by Gasteiger charge is 2.24. The molecule has 8 aromatic rings. The third-order valence-corrected chi connectivity index (χ3v) is 8.82. The number of imidazole rings is 1. The summed E-state index contributed by atoms with van der Waals surface area (Å²) in [5.41, 5.74) is 8.54. The summed E-state index contributed by atoms with van der Waals surface area (Å²) in [5.74, 6) is 1.48. The third-order valence-electron chi connectivity index (χ3n) is 8.82. The first-order chi connectivity index (χ1) is 22.1. The van der Waals surface area contributed by atoms with Gasteiger partial charge in [0.1, 0.15) is 17.0 Å². The largest absolute Gasteiger partial charge is 0.455 e. The molecule has 43 heavy (non-hydrogen) atoms. The summed E-state index contributed by atoms with van der Waals surface area (Å²) < 4.78 is 33.0. The standard InChI is InChI=1S/C40H34N2O/c1-23(2)28-10-8-11-29(24(3)4)38(28)42-36-15-7-6-14-35(36)41-40(42)31-13-9-12-30-34-21-27-19-18-26-17-16-25(5)20-32(26)33(27)22-37(34)43-39(30)31/h6-24H,1-5H3/i5D3. The van der Waals surface area contributed by atoms with Crippen LogP contribution in [0, 0.1) is 6.85 Å².